The number of carbonyl (C=O) groups is 1. The van der Waals surface area contributed by atoms with Crippen molar-refractivity contribution < 1.29 is 4.79 Å². The monoisotopic (exact) mass is 269 g/mol. The van der Waals surface area contributed by atoms with Crippen LogP contribution < -0.4 is 16.0 Å². The van der Waals surface area contributed by atoms with E-state index in [4.69, 9.17) is 28.5 Å². The van der Waals surface area contributed by atoms with Gasteiger partial charge in [0.05, 0.1) is 7.05 Å². The van der Waals surface area contributed by atoms with E-state index in [2.05, 4.69) is 0 Å². The van der Waals surface area contributed by atoms with Gasteiger partial charge >= 0.3 is 12.0 Å². The number of nitrogens with two attached hydrogens (primary N) is 2. The lowest BCUT2D eigenvalue weighted by molar-refractivity contribution is 0.235. The minimum Gasteiger partial charge on any atom is -0.337 e. The largest absolute Gasteiger partial charge is 0.426 e. The summed E-state index contributed by atoms with van der Waals surface area (Å²) in [4.78, 5) is 11.7. The fraction of sp³-hybridized carbons (Fsp3) is 0.333. The van der Waals surface area contributed by atoms with Crippen molar-refractivity contribution in [3.63, 3.8) is 0 Å². The van der Waals surface area contributed by atoms with Crippen LogP contribution in [0.4, 0.5) is 10.5 Å². The number of rotatable bonds is 3. The van der Waals surface area contributed by atoms with Gasteiger partial charge in [-0.2, -0.15) is 0 Å². The molecule has 1 aromatic rings. The normalized spacial score (nSPS) is 13.9. The molecule has 0 heterocycles. The van der Waals surface area contributed by atoms with Crippen LogP contribution in [0.15, 0.2) is 18.2 Å². The van der Waals surface area contributed by atoms with Crippen molar-refractivity contribution >= 4 is 29.3 Å². The summed E-state index contributed by atoms with van der Waals surface area (Å²) in [7, 11) is 1.48. The van der Waals surface area contributed by atoms with Gasteiger partial charge in [-0.25, -0.2) is 10.2 Å². The molecule has 6 heteroatoms. The third-order valence-electron chi connectivity index (χ3n) is 2.96. The minimum atomic E-state index is -0.729. The summed E-state index contributed by atoms with van der Waals surface area (Å²) in [6, 6.07) is 4.61. The number of benzene rings is 1. The zero-order valence-electron chi connectivity index (χ0n) is 10.5. The molecule has 0 aliphatic rings. The fourth-order valence-corrected chi connectivity index (χ4v) is 2.24. The van der Waals surface area contributed by atoms with Crippen LogP contribution in [0, 0.1) is 5.41 Å². The highest BCUT2D eigenvalue weighted by Gasteiger charge is 2.40. The van der Waals surface area contributed by atoms with Gasteiger partial charge in [-0.3, -0.25) is 0 Å². The molecule has 0 radical (unpaired) electrons. The molecule has 98 valence electrons. The van der Waals surface area contributed by atoms with Gasteiger partial charge in [-0.15, -0.1) is 4.48 Å². The quantitative estimate of drug-likeness (QED) is 0.446. The van der Waals surface area contributed by atoms with E-state index in [1.165, 1.54) is 7.05 Å². The van der Waals surface area contributed by atoms with Gasteiger partial charge in [0.15, 0.2) is 5.69 Å². The first-order chi connectivity index (χ1) is 8.35. The molecule has 2 amide bonds. The van der Waals surface area contributed by atoms with E-state index in [-0.39, 0.29) is 5.96 Å². The lowest BCUT2D eigenvalue weighted by atomic mass is 10.1. The van der Waals surface area contributed by atoms with E-state index >= 15 is 0 Å². The van der Waals surface area contributed by atoms with Crippen LogP contribution in [0.2, 0.25) is 5.02 Å². The van der Waals surface area contributed by atoms with Crippen molar-refractivity contribution in [2.45, 2.75) is 19.8 Å². The maximum atomic E-state index is 11.7. The van der Waals surface area contributed by atoms with Crippen molar-refractivity contribution in [3.05, 3.63) is 28.8 Å². The molecule has 1 aromatic carbocycles. The average Bonchev–Trinajstić information content (AvgIpc) is 2.28. The van der Waals surface area contributed by atoms with Crippen LogP contribution in [-0.4, -0.2) is 19.0 Å². The Balaban J connectivity index is 3.55. The molecule has 0 saturated carbocycles. The molecular weight excluding hydrogens is 252 g/mol. The Bertz CT molecular complexity index is 473. The highest BCUT2D eigenvalue weighted by Crippen LogP contribution is 2.34. The number of hydrogen-bond donors (Lipinski definition) is 3. The van der Waals surface area contributed by atoms with Gasteiger partial charge < -0.3 is 11.5 Å². The first-order valence-electron chi connectivity index (χ1n) is 5.64. The van der Waals surface area contributed by atoms with Crippen LogP contribution in [0.5, 0.6) is 0 Å². The number of nitrogens with one attached hydrogen (secondary N) is 1. The van der Waals surface area contributed by atoms with Crippen LogP contribution in [-0.2, 0) is 6.42 Å². The Morgan fingerprint density at radius 2 is 2.06 bits per heavy atom. The van der Waals surface area contributed by atoms with E-state index in [0.717, 1.165) is 18.4 Å². The zero-order valence-corrected chi connectivity index (χ0v) is 11.3. The summed E-state index contributed by atoms with van der Waals surface area (Å²) in [5, 5.41) is 8.02. The van der Waals surface area contributed by atoms with Crippen molar-refractivity contribution in [3.8, 4) is 0 Å². The average molecular weight is 270 g/mol. The van der Waals surface area contributed by atoms with E-state index in [1.807, 2.05) is 19.1 Å². The first kappa shape index (κ1) is 14.5. The summed E-state index contributed by atoms with van der Waals surface area (Å²) >= 11 is 6.16. The standard InChI is InChI=1S/C12H17ClN4O/c1-3-5-8-6-4-7-9(13)10(8)17(2,11(14)15)12(16)18/h4,6-7H,3,5H2,1-2H3,(H4-,14,15,16,18)/p+1. The molecule has 0 bridgehead atoms. The Hall–Kier alpha value is -1.59. The number of carbonyl (C=O) groups excluding carboxylic acids is 1. The van der Waals surface area contributed by atoms with E-state index in [1.54, 1.807) is 6.07 Å². The highest BCUT2D eigenvalue weighted by molar-refractivity contribution is 6.34. The number of urea groups is 1. The summed E-state index contributed by atoms with van der Waals surface area (Å²) in [5.41, 5.74) is 12.3. The van der Waals surface area contributed by atoms with E-state index in [0.29, 0.717) is 10.7 Å². The number of hydrogen-bond acceptors (Lipinski definition) is 2. The lowest BCUT2D eigenvalue weighted by Gasteiger charge is -2.28. The number of guanidine groups is 1. The van der Waals surface area contributed by atoms with Crippen molar-refractivity contribution in [2.75, 3.05) is 7.05 Å². The number of halogens is 1. The Morgan fingerprint density at radius 3 is 2.50 bits per heavy atom. The van der Waals surface area contributed by atoms with E-state index in [9.17, 15) is 4.79 Å². The van der Waals surface area contributed by atoms with Gasteiger partial charge in [0.2, 0.25) is 0 Å². The van der Waals surface area contributed by atoms with Crippen LogP contribution in [0.3, 0.4) is 0 Å². The predicted molar refractivity (Wildman–Crippen MR) is 74.7 cm³/mol. The van der Waals surface area contributed by atoms with Crippen LogP contribution in [0.1, 0.15) is 18.9 Å². The summed E-state index contributed by atoms with van der Waals surface area (Å²) in [6.45, 7) is 2.02. The minimum absolute atomic E-state index is 0.354. The molecule has 0 spiro atoms. The summed E-state index contributed by atoms with van der Waals surface area (Å²) in [6.07, 6.45) is 1.63. The molecule has 0 aliphatic heterocycles. The SMILES string of the molecule is CCCc1cccc(Cl)c1[N+](C)(C(=N)N)C(N)=O. The predicted octanol–water partition coefficient (Wildman–Crippen LogP) is 2.20. The smallest absolute Gasteiger partial charge is 0.337 e. The second-order valence-electron chi connectivity index (χ2n) is 4.23. The number of aryl methyl sites for hydroxylation is 1. The van der Waals surface area contributed by atoms with Crippen molar-refractivity contribution in [1.29, 1.82) is 5.41 Å². The molecule has 5 nitrogen and oxygen atoms in total. The Kier molecular flexibility index (Phi) is 4.32. The summed E-state index contributed by atoms with van der Waals surface area (Å²) in [5.74, 6) is -0.354. The lowest BCUT2D eigenvalue weighted by Crippen LogP contribution is -2.61. The zero-order chi connectivity index (χ0) is 13.9. The van der Waals surface area contributed by atoms with Crippen LogP contribution >= 0.6 is 11.6 Å². The molecular formula is C12H18ClN4O+. The van der Waals surface area contributed by atoms with Crippen molar-refractivity contribution in [1.82, 2.24) is 4.48 Å². The highest BCUT2D eigenvalue weighted by atomic mass is 35.5. The van der Waals surface area contributed by atoms with Gasteiger partial charge in [-0.05, 0) is 12.5 Å². The molecule has 1 unspecified atom stereocenters. The second kappa shape index (κ2) is 5.37. The van der Waals surface area contributed by atoms with E-state index < -0.39 is 10.5 Å². The Labute approximate surface area is 111 Å². The molecule has 1 atom stereocenters. The molecule has 0 aliphatic carbocycles. The number of nitrogens with zero attached hydrogens (tertiary/aromatic N) is 1. The topological polar surface area (TPSA) is 93.0 Å². The number of para-hydroxylation sites is 1. The van der Waals surface area contributed by atoms with Crippen LogP contribution in [0.25, 0.3) is 0 Å². The van der Waals surface area contributed by atoms with Gasteiger partial charge in [0.25, 0.3) is 0 Å². The molecule has 0 aromatic heterocycles. The van der Waals surface area contributed by atoms with Gasteiger partial charge in [0.1, 0.15) is 5.02 Å². The molecule has 5 N–H and O–H groups in total. The third kappa shape index (κ3) is 2.32. The number of quaternary nitrogens is 1. The third-order valence-corrected chi connectivity index (χ3v) is 3.26. The molecule has 0 fully saturated rings. The molecule has 18 heavy (non-hydrogen) atoms. The first-order valence-corrected chi connectivity index (χ1v) is 6.02. The number of amides is 2. The van der Waals surface area contributed by atoms with Gasteiger partial charge in [-0.1, -0.05) is 37.1 Å². The number of primary amides is 1. The Morgan fingerprint density at radius 1 is 1.44 bits per heavy atom. The molecule has 0 saturated heterocycles. The molecule has 1 rings (SSSR count). The second-order valence-corrected chi connectivity index (χ2v) is 4.63. The summed E-state index contributed by atoms with van der Waals surface area (Å²) < 4.78 is -0.602. The maximum Gasteiger partial charge on any atom is 0.426 e. The van der Waals surface area contributed by atoms with Gasteiger partial charge in [0, 0.05) is 5.56 Å². The van der Waals surface area contributed by atoms with Crippen molar-refractivity contribution in [2.24, 2.45) is 11.5 Å². The fourth-order valence-electron chi connectivity index (χ4n) is 1.88. The maximum absolute atomic E-state index is 11.7.